The number of benzene rings is 2. The van der Waals surface area contributed by atoms with E-state index in [0.717, 1.165) is 16.6 Å². The van der Waals surface area contributed by atoms with Crippen molar-refractivity contribution >= 4 is 51.4 Å². The van der Waals surface area contributed by atoms with E-state index in [1.807, 2.05) is 36.1 Å². The number of carbonyl (C=O) groups is 1. The topological polar surface area (TPSA) is 65.8 Å². The third kappa shape index (κ3) is 4.58. The maximum atomic E-state index is 15.0. The second-order valence-corrected chi connectivity index (χ2v) is 8.80. The number of anilines is 1. The molecule has 0 amide bonds. The number of aromatic carboxylic acids is 1. The molecule has 172 valence electrons. The number of carboxylic acid groups (broad SMARTS) is 1. The molecule has 3 aromatic rings. The number of nitrogens with zero attached hydrogens (tertiary/aromatic N) is 3. The van der Waals surface area contributed by atoms with Gasteiger partial charge in [-0.1, -0.05) is 42.0 Å². The van der Waals surface area contributed by atoms with Crippen molar-refractivity contribution in [1.29, 1.82) is 0 Å². The zero-order valence-electron chi connectivity index (χ0n) is 18.1. The van der Waals surface area contributed by atoms with E-state index in [9.17, 15) is 14.7 Å². The lowest BCUT2D eigenvalue weighted by molar-refractivity contribution is 0.0695. The summed E-state index contributed by atoms with van der Waals surface area (Å²) in [6, 6.07) is 10.4. The molecule has 2 aromatic carbocycles. The van der Waals surface area contributed by atoms with Gasteiger partial charge in [0.25, 0.3) is 0 Å². The lowest BCUT2D eigenvalue weighted by Gasteiger charge is -2.37. The van der Waals surface area contributed by atoms with Crippen LogP contribution in [0.25, 0.3) is 10.9 Å². The molecule has 1 N–H and O–H groups in total. The molecule has 6 nitrogen and oxygen atoms in total. The summed E-state index contributed by atoms with van der Waals surface area (Å²) in [7, 11) is 0. The molecule has 1 fully saturated rings. The first kappa shape index (κ1) is 23.2. The van der Waals surface area contributed by atoms with Crippen molar-refractivity contribution in [2.75, 3.05) is 31.1 Å². The molecular formula is C24H23ClFN3O3S. The molecule has 0 atom stereocenters. The van der Waals surface area contributed by atoms with Crippen LogP contribution in [-0.4, -0.2) is 51.7 Å². The normalized spacial score (nSPS) is 14.0. The highest BCUT2D eigenvalue weighted by atomic mass is 35.5. The second kappa shape index (κ2) is 9.49. The minimum absolute atomic E-state index is 0.0672. The summed E-state index contributed by atoms with van der Waals surface area (Å²) in [5, 5.41) is 10.1. The van der Waals surface area contributed by atoms with Gasteiger partial charge in [-0.15, -0.1) is 0 Å². The number of hydrogen-bond acceptors (Lipinski definition) is 4. The van der Waals surface area contributed by atoms with E-state index in [1.54, 1.807) is 10.6 Å². The second-order valence-electron chi connectivity index (χ2n) is 7.92. The first-order valence-electron chi connectivity index (χ1n) is 10.7. The molecule has 4 rings (SSSR count). The van der Waals surface area contributed by atoms with E-state index in [4.69, 9.17) is 23.8 Å². The summed E-state index contributed by atoms with van der Waals surface area (Å²) >= 11 is 11.9. The van der Waals surface area contributed by atoms with Crippen molar-refractivity contribution in [3.05, 3.63) is 74.8 Å². The van der Waals surface area contributed by atoms with Crippen LogP contribution in [0, 0.1) is 5.82 Å². The van der Waals surface area contributed by atoms with Crippen LogP contribution in [0.1, 0.15) is 22.8 Å². The molecule has 1 aromatic heterocycles. The highest BCUT2D eigenvalue weighted by Crippen LogP contribution is 2.27. The summed E-state index contributed by atoms with van der Waals surface area (Å²) in [5.41, 5.74) is 0.842. The average Bonchev–Trinajstić information content (AvgIpc) is 2.80. The number of pyridine rings is 1. The predicted octanol–water partition coefficient (Wildman–Crippen LogP) is 4.20. The standard InChI is InChI=1S/C24H23ClFN3O3S/c1-2-27-14-17(24(31)32)23(30)16-12-19(26)21(13-20(16)27)28-7-9-29(10-8-28)22(33)11-15-5-3-4-6-18(15)25/h3-6,12-14H,2,7-11H2,1H3,(H,31,32). The summed E-state index contributed by atoms with van der Waals surface area (Å²) < 4.78 is 16.7. The van der Waals surface area contributed by atoms with Crippen molar-refractivity contribution in [1.82, 2.24) is 9.47 Å². The highest BCUT2D eigenvalue weighted by molar-refractivity contribution is 7.80. The van der Waals surface area contributed by atoms with Gasteiger partial charge >= 0.3 is 5.97 Å². The highest BCUT2D eigenvalue weighted by Gasteiger charge is 2.23. The number of hydrogen-bond donors (Lipinski definition) is 1. The van der Waals surface area contributed by atoms with Crippen molar-refractivity contribution in [3.8, 4) is 0 Å². The van der Waals surface area contributed by atoms with Crippen LogP contribution in [0.2, 0.25) is 5.02 Å². The number of aromatic nitrogens is 1. The van der Waals surface area contributed by atoms with Gasteiger partial charge in [0.1, 0.15) is 11.4 Å². The lowest BCUT2D eigenvalue weighted by Crippen LogP contribution is -2.49. The summed E-state index contributed by atoms with van der Waals surface area (Å²) in [5.74, 6) is -1.87. The van der Waals surface area contributed by atoms with Gasteiger partial charge in [0.15, 0.2) is 0 Å². The first-order chi connectivity index (χ1) is 15.8. The van der Waals surface area contributed by atoms with Gasteiger partial charge in [-0.25, -0.2) is 9.18 Å². The summed E-state index contributed by atoms with van der Waals surface area (Å²) in [6.45, 7) is 4.70. The Bertz CT molecular complexity index is 1300. The monoisotopic (exact) mass is 487 g/mol. The van der Waals surface area contributed by atoms with E-state index in [1.165, 1.54) is 6.20 Å². The van der Waals surface area contributed by atoms with Crippen molar-refractivity contribution in [3.63, 3.8) is 0 Å². The molecule has 9 heteroatoms. The Morgan fingerprint density at radius 2 is 1.88 bits per heavy atom. The Kier molecular flexibility index (Phi) is 6.67. The summed E-state index contributed by atoms with van der Waals surface area (Å²) in [4.78, 5) is 28.8. The molecule has 0 bridgehead atoms. The van der Waals surface area contributed by atoms with Gasteiger partial charge < -0.3 is 19.5 Å². The number of thiocarbonyl (C=S) groups is 1. The van der Waals surface area contributed by atoms with Gasteiger partial charge in [-0.2, -0.15) is 0 Å². The van der Waals surface area contributed by atoms with Gasteiger partial charge in [-0.3, -0.25) is 4.79 Å². The van der Waals surface area contributed by atoms with Gasteiger partial charge in [0, 0.05) is 55.8 Å². The molecule has 33 heavy (non-hydrogen) atoms. The fourth-order valence-corrected chi connectivity index (χ4v) is 4.71. The molecule has 1 aliphatic heterocycles. The molecule has 0 saturated carbocycles. The van der Waals surface area contributed by atoms with Crippen molar-refractivity contribution in [2.24, 2.45) is 0 Å². The third-order valence-electron chi connectivity index (χ3n) is 5.99. The van der Waals surface area contributed by atoms with Crippen LogP contribution in [0.15, 0.2) is 47.4 Å². The van der Waals surface area contributed by atoms with E-state index in [-0.39, 0.29) is 10.9 Å². The number of fused-ring (bicyclic) bond motifs is 1. The molecular weight excluding hydrogens is 465 g/mol. The quantitative estimate of drug-likeness (QED) is 0.544. The van der Waals surface area contributed by atoms with Crippen LogP contribution < -0.4 is 10.3 Å². The Morgan fingerprint density at radius 1 is 1.18 bits per heavy atom. The van der Waals surface area contributed by atoms with Crippen LogP contribution in [0.5, 0.6) is 0 Å². The van der Waals surface area contributed by atoms with E-state index in [0.29, 0.717) is 55.4 Å². The minimum Gasteiger partial charge on any atom is -0.477 e. The number of piperazine rings is 1. The third-order valence-corrected chi connectivity index (χ3v) is 6.76. The summed E-state index contributed by atoms with van der Waals surface area (Å²) in [6.07, 6.45) is 1.90. The van der Waals surface area contributed by atoms with E-state index >= 15 is 4.39 Å². The maximum absolute atomic E-state index is 15.0. The Hall–Kier alpha value is -2.97. The van der Waals surface area contributed by atoms with Crippen LogP contribution in [-0.2, 0) is 13.0 Å². The number of rotatable bonds is 5. The molecule has 0 radical (unpaired) electrons. The molecule has 1 aliphatic rings. The average molecular weight is 488 g/mol. The maximum Gasteiger partial charge on any atom is 0.341 e. The van der Waals surface area contributed by atoms with E-state index in [2.05, 4.69) is 4.90 Å². The first-order valence-corrected chi connectivity index (χ1v) is 11.4. The van der Waals surface area contributed by atoms with Gasteiger partial charge in [0.2, 0.25) is 5.43 Å². The minimum atomic E-state index is -1.32. The lowest BCUT2D eigenvalue weighted by atomic mass is 10.1. The molecule has 1 saturated heterocycles. The predicted molar refractivity (Wildman–Crippen MR) is 132 cm³/mol. The van der Waals surface area contributed by atoms with Gasteiger partial charge in [-0.05, 0) is 30.7 Å². The molecule has 0 aliphatic carbocycles. The number of halogens is 2. The Labute approximate surface area is 200 Å². The fourth-order valence-electron chi connectivity index (χ4n) is 4.17. The Balaban J connectivity index is 1.56. The van der Waals surface area contributed by atoms with Crippen molar-refractivity contribution < 1.29 is 14.3 Å². The SMILES string of the molecule is CCn1cc(C(=O)O)c(=O)c2cc(F)c(N3CCN(C(=S)Cc4ccccc4Cl)CC3)cc21. The molecule has 0 unspecified atom stereocenters. The number of aryl methyl sites for hydroxylation is 1. The zero-order valence-corrected chi connectivity index (χ0v) is 19.6. The molecule has 2 heterocycles. The Morgan fingerprint density at radius 3 is 2.52 bits per heavy atom. The molecule has 0 spiro atoms. The van der Waals surface area contributed by atoms with Crippen LogP contribution in [0.3, 0.4) is 0 Å². The van der Waals surface area contributed by atoms with Crippen LogP contribution in [0.4, 0.5) is 10.1 Å². The number of carboxylic acids is 1. The smallest absolute Gasteiger partial charge is 0.341 e. The van der Waals surface area contributed by atoms with Crippen LogP contribution >= 0.6 is 23.8 Å². The van der Waals surface area contributed by atoms with Gasteiger partial charge in [0.05, 0.1) is 16.2 Å². The van der Waals surface area contributed by atoms with Crippen molar-refractivity contribution in [2.45, 2.75) is 19.9 Å². The largest absolute Gasteiger partial charge is 0.477 e. The fraction of sp³-hybridized carbons (Fsp3) is 0.292. The van der Waals surface area contributed by atoms with E-state index < -0.39 is 17.2 Å². The zero-order chi connectivity index (χ0) is 23.7.